The Morgan fingerprint density at radius 3 is 2.78 bits per heavy atom. The second kappa shape index (κ2) is 4.89. The van der Waals surface area contributed by atoms with Gasteiger partial charge in [-0.15, -0.1) is 0 Å². The van der Waals surface area contributed by atoms with Gasteiger partial charge in [-0.1, -0.05) is 6.92 Å². The normalized spacial score (nSPS) is 10.8. The Hall–Kier alpha value is -1.69. The summed E-state index contributed by atoms with van der Waals surface area (Å²) in [6, 6.07) is 1.94. The zero-order valence-corrected chi connectivity index (χ0v) is 11.5. The first-order valence-corrected chi connectivity index (χ1v) is 6.31. The molecular weight excluding hydrogens is 248 g/mol. The molecular formula is C12H16N4OS. The maximum atomic E-state index is 12.1. The lowest BCUT2D eigenvalue weighted by Crippen LogP contribution is -2.15. The van der Waals surface area contributed by atoms with Crippen molar-refractivity contribution in [2.45, 2.75) is 33.7 Å². The summed E-state index contributed by atoms with van der Waals surface area (Å²) in [5.41, 5.74) is 2.21. The molecule has 0 amide bonds. The van der Waals surface area contributed by atoms with Crippen LogP contribution in [0, 0.1) is 18.6 Å². The highest BCUT2D eigenvalue weighted by Gasteiger charge is 2.14. The minimum atomic E-state index is -0.126. The van der Waals surface area contributed by atoms with Crippen molar-refractivity contribution in [3.05, 3.63) is 32.4 Å². The van der Waals surface area contributed by atoms with Gasteiger partial charge in [-0.2, -0.15) is 5.10 Å². The quantitative estimate of drug-likeness (QED) is 0.836. The first-order valence-electron chi connectivity index (χ1n) is 5.90. The Labute approximate surface area is 110 Å². The lowest BCUT2D eigenvalue weighted by molar-refractivity contribution is 0.674. The van der Waals surface area contributed by atoms with Gasteiger partial charge in [0.05, 0.1) is 5.56 Å². The molecule has 0 spiro atoms. The summed E-state index contributed by atoms with van der Waals surface area (Å²) in [4.78, 5) is 14.9. The van der Waals surface area contributed by atoms with Gasteiger partial charge < -0.3 is 9.55 Å². The largest absolute Gasteiger partial charge is 0.326 e. The molecule has 2 aromatic heterocycles. The summed E-state index contributed by atoms with van der Waals surface area (Å²) in [7, 11) is 0. The Kier molecular flexibility index (Phi) is 3.47. The van der Waals surface area contributed by atoms with Gasteiger partial charge in [0, 0.05) is 12.2 Å². The third-order valence-electron chi connectivity index (χ3n) is 2.79. The number of pyridine rings is 1. The van der Waals surface area contributed by atoms with Crippen LogP contribution in [0.5, 0.6) is 0 Å². The summed E-state index contributed by atoms with van der Waals surface area (Å²) < 4.78 is 2.41. The molecule has 2 N–H and O–H groups in total. The molecule has 0 unspecified atom stereocenters. The number of H-pyrrole nitrogens is 2. The van der Waals surface area contributed by atoms with Gasteiger partial charge in [-0.25, -0.2) is 0 Å². The van der Waals surface area contributed by atoms with E-state index >= 15 is 0 Å². The molecule has 0 atom stereocenters. The third kappa shape index (κ3) is 2.15. The number of hydrogen-bond acceptors (Lipinski definition) is 3. The van der Waals surface area contributed by atoms with Crippen LogP contribution in [-0.2, 0) is 6.54 Å². The van der Waals surface area contributed by atoms with Crippen molar-refractivity contribution in [1.82, 2.24) is 19.7 Å². The smallest absolute Gasteiger partial charge is 0.259 e. The van der Waals surface area contributed by atoms with Crippen LogP contribution in [0.15, 0.2) is 10.9 Å². The van der Waals surface area contributed by atoms with E-state index in [1.807, 2.05) is 24.5 Å². The molecule has 0 saturated carbocycles. The molecule has 0 aromatic carbocycles. The molecule has 2 aromatic rings. The molecule has 0 saturated heterocycles. The number of nitrogens with zero attached hydrogens (tertiary/aromatic N) is 2. The van der Waals surface area contributed by atoms with Crippen LogP contribution in [0.1, 0.15) is 24.6 Å². The zero-order chi connectivity index (χ0) is 13.3. The lowest BCUT2D eigenvalue weighted by atomic mass is 10.1. The van der Waals surface area contributed by atoms with Crippen molar-refractivity contribution in [3.8, 4) is 11.4 Å². The van der Waals surface area contributed by atoms with Crippen LogP contribution >= 0.6 is 12.2 Å². The zero-order valence-electron chi connectivity index (χ0n) is 10.7. The molecule has 0 aliphatic carbocycles. The molecule has 0 aliphatic heterocycles. The van der Waals surface area contributed by atoms with Crippen molar-refractivity contribution < 1.29 is 0 Å². The number of aromatic amines is 2. The molecule has 96 valence electrons. The van der Waals surface area contributed by atoms with Crippen molar-refractivity contribution in [2.75, 3.05) is 0 Å². The molecule has 2 heterocycles. The van der Waals surface area contributed by atoms with Crippen LogP contribution in [0.2, 0.25) is 0 Å². The highest BCUT2D eigenvalue weighted by Crippen LogP contribution is 2.18. The van der Waals surface area contributed by atoms with Crippen molar-refractivity contribution >= 4 is 12.2 Å². The molecule has 2 rings (SSSR count). The molecule has 5 nitrogen and oxygen atoms in total. The average Bonchev–Trinajstić information content (AvgIpc) is 2.61. The summed E-state index contributed by atoms with van der Waals surface area (Å²) >= 11 is 5.18. The average molecular weight is 264 g/mol. The summed E-state index contributed by atoms with van der Waals surface area (Å²) in [5, 5.41) is 6.93. The molecule has 0 bridgehead atoms. The Morgan fingerprint density at radius 1 is 1.44 bits per heavy atom. The fourth-order valence-corrected chi connectivity index (χ4v) is 2.29. The van der Waals surface area contributed by atoms with E-state index in [2.05, 4.69) is 22.1 Å². The topological polar surface area (TPSA) is 66.5 Å². The number of aromatic nitrogens is 4. The SMILES string of the molecule is CCCn1c(-c2c(C)cc(C)[nH]c2=O)n[nH]c1=S. The van der Waals surface area contributed by atoms with Gasteiger partial charge in [0.25, 0.3) is 5.56 Å². The van der Waals surface area contributed by atoms with E-state index < -0.39 is 0 Å². The van der Waals surface area contributed by atoms with E-state index in [1.165, 1.54) is 0 Å². The van der Waals surface area contributed by atoms with Gasteiger partial charge in [-0.05, 0) is 44.1 Å². The van der Waals surface area contributed by atoms with Crippen molar-refractivity contribution in [3.63, 3.8) is 0 Å². The lowest BCUT2D eigenvalue weighted by Gasteiger charge is -2.07. The van der Waals surface area contributed by atoms with E-state index in [-0.39, 0.29) is 5.56 Å². The first-order chi connectivity index (χ1) is 8.54. The number of rotatable bonds is 3. The molecule has 0 aliphatic rings. The maximum absolute atomic E-state index is 12.1. The van der Waals surface area contributed by atoms with E-state index in [4.69, 9.17) is 12.2 Å². The molecule has 0 fully saturated rings. The Morgan fingerprint density at radius 2 is 2.17 bits per heavy atom. The van der Waals surface area contributed by atoms with Crippen LogP contribution in [-0.4, -0.2) is 19.7 Å². The fraction of sp³-hybridized carbons (Fsp3) is 0.417. The van der Waals surface area contributed by atoms with Gasteiger partial charge in [0.15, 0.2) is 10.6 Å². The Bertz CT molecular complexity index is 680. The summed E-state index contributed by atoms with van der Waals surface area (Å²) in [6.45, 7) is 6.58. The van der Waals surface area contributed by atoms with Crippen LogP contribution < -0.4 is 5.56 Å². The predicted octanol–water partition coefficient (Wildman–Crippen LogP) is 2.32. The van der Waals surface area contributed by atoms with E-state index in [0.717, 1.165) is 24.2 Å². The number of aryl methyl sites for hydroxylation is 2. The molecule has 6 heteroatoms. The minimum absolute atomic E-state index is 0.126. The monoisotopic (exact) mass is 264 g/mol. The fourth-order valence-electron chi connectivity index (χ4n) is 2.07. The minimum Gasteiger partial charge on any atom is -0.326 e. The standard InChI is InChI=1S/C12H16N4OS/c1-4-5-16-10(14-15-12(16)18)9-7(2)6-8(3)13-11(9)17/h6H,4-5H2,1-3H3,(H,13,17)(H,15,18). The summed E-state index contributed by atoms with van der Waals surface area (Å²) in [5.74, 6) is 0.612. The van der Waals surface area contributed by atoms with Crippen molar-refractivity contribution in [1.29, 1.82) is 0 Å². The third-order valence-corrected chi connectivity index (χ3v) is 3.11. The predicted molar refractivity (Wildman–Crippen MR) is 73.2 cm³/mol. The molecule has 0 radical (unpaired) electrons. The van der Waals surface area contributed by atoms with Crippen molar-refractivity contribution in [2.24, 2.45) is 0 Å². The van der Waals surface area contributed by atoms with E-state index in [1.54, 1.807) is 0 Å². The Balaban J connectivity index is 2.70. The van der Waals surface area contributed by atoms with E-state index in [9.17, 15) is 4.79 Å². The highest BCUT2D eigenvalue weighted by atomic mass is 32.1. The first kappa shape index (κ1) is 12.8. The second-order valence-electron chi connectivity index (χ2n) is 4.34. The number of hydrogen-bond donors (Lipinski definition) is 2. The second-order valence-corrected chi connectivity index (χ2v) is 4.73. The van der Waals surface area contributed by atoms with Gasteiger partial charge in [0.1, 0.15) is 0 Å². The van der Waals surface area contributed by atoms with E-state index in [0.29, 0.717) is 16.2 Å². The van der Waals surface area contributed by atoms with Gasteiger partial charge in [0.2, 0.25) is 0 Å². The summed E-state index contributed by atoms with van der Waals surface area (Å²) in [6.07, 6.45) is 0.934. The maximum Gasteiger partial charge on any atom is 0.259 e. The van der Waals surface area contributed by atoms with Crippen LogP contribution in [0.25, 0.3) is 11.4 Å². The van der Waals surface area contributed by atoms with Gasteiger partial charge in [-0.3, -0.25) is 9.89 Å². The van der Waals surface area contributed by atoms with Crippen LogP contribution in [0.3, 0.4) is 0 Å². The molecule has 18 heavy (non-hydrogen) atoms. The van der Waals surface area contributed by atoms with Gasteiger partial charge >= 0.3 is 0 Å². The number of nitrogens with one attached hydrogen (secondary N) is 2. The highest BCUT2D eigenvalue weighted by molar-refractivity contribution is 7.71. The van der Waals surface area contributed by atoms with Crippen LogP contribution in [0.4, 0.5) is 0 Å².